The molecule has 0 saturated carbocycles. The number of nitrogen functional groups attached to an aromatic ring is 1. The molecule has 32 heavy (non-hydrogen) atoms. The minimum atomic E-state index is -1.12. The minimum Gasteiger partial charge on any atom is -0.399 e. The van der Waals surface area contributed by atoms with Gasteiger partial charge in [0.15, 0.2) is 5.82 Å². The van der Waals surface area contributed by atoms with Crippen molar-refractivity contribution in [2.45, 2.75) is 32.4 Å². The second-order valence-corrected chi connectivity index (χ2v) is 8.62. The molecule has 0 aliphatic heterocycles. The van der Waals surface area contributed by atoms with E-state index in [1.165, 1.54) is 12.1 Å². The Bertz CT molecular complexity index is 1290. The molecule has 0 saturated heterocycles. The fraction of sp³-hybridized carbons (Fsp3) is 0.208. The number of rotatable bonds is 5. The van der Waals surface area contributed by atoms with Crippen LogP contribution >= 0.6 is 11.6 Å². The minimum absolute atomic E-state index is 0.340. The van der Waals surface area contributed by atoms with E-state index in [1.54, 1.807) is 38.5 Å². The van der Waals surface area contributed by atoms with Crippen LogP contribution in [0.15, 0.2) is 55.0 Å². The van der Waals surface area contributed by atoms with Gasteiger partial charge in [0, 0.05) is 40.8 Å². The summed E-state index contributed by atoms with van der Waals surface area (Å²) in [5.41, 5.74) is 8.65. The van der Waals surface area contributed by atoms with Crippen LogP contribution in [0.2, 0.25) is 5.02 Å². The highest BCUT2D eigenvalue weighted by Gasteiger charge is 2.20. The van der Waals surface area contributed by atoms with Crippen molar-refractivity contribution in [2.75, 3.05) is 11.1 Å². The molecule has 8 heteroatoms. The number of aliphatic hydroxyl groups is 1. The summed E-state index contributed by atoms with van der Waals surface area (Å²) >= 11 is 6.48. The molecule has 164 valence electrons. The number of benzene rings is 2. The van der Waals surface area contributed by atoms with Gasteiger partial charge in [-0.25, -0.2) is 14.4 Å². The summed E-state index contributed by atoms with van der Waals surface area (Å²) < 4.78 is 14.4. The van der Waals surface area contributed by atoms with Crippen LogP contribution in [0.5, 0.6) is 0 Å². The molecule has 2 aromatic heterocycles. The Morgan fingerprint density at radius 3 is 2.44 bits per heavy atom. The third kappa shape index (κ3) is 4.35. The molecule has 0 aliphatic rings. The van der Waals surface area contributed by atoms with E-state index in [0.29, 0.717) is 27.8 Å². The van der Waals surface area contributed by atoms with Crippen LogP contribution in [0.3, 0.4) is 0 Å². The van der Waals surface area contributed by atoms with E-state index in [4.69, 9.17) is 17.3 Å². The zero-order chi connectivity index (χ0) is 23.0. The molecule has 0 bridgehead atoms. The second-order valence-electron chi connectivity index (χ2n) is 8.21. The zero-order valence-electron chi connectivity index (χ0n) is 17.9. The molecule has 4 aromatic rings. The number of halogens is 2. The number of pyridine rings is 1. The average molecular weight is 452 g/mol. The molecular formula is C24H23ClFN5O. The normalized spacial score (nSPS) is 12.7. The number of nitrogens with one attached hydrogen (secondary N) is 1. The molecule has 0 radical (unpaired) electrons. The monoisotopic (exact) mass is 451 g/mol. The number of hydrogen-bond donors (Lipinski definition) is 3. The number of aromatic nitrogens is 3. The smallest absolute Gasteiger partial charge is 0.159 e. The van der Waals surface area contributed by atoms with Crippen LogP contribution in [0, 0.1) is 5.82 Å². The molecule has 0 amide bonds. The Balaban J connectivity index is 1.75. The third-order valence-corrected chi connectivity index (χ3v) is 5.49. The maximum Gasteiger partial charge on any atom is 0.159 e. The molecule has 0 aliphatic carbocycles. The van der Waals surface area contributed by atoms with Crippen LogP contribution in [-0.2, 0) is 5.60 Å². The highest BCUT2D eigenvalue weighted by Crippen LogP contribution is 2.35. The summed E-state index contributed by atoms with van der Waals surface area (Å²) in [4.78, 5) is 13.0. The lowest BCUT2D eigenvalue weighted by atomic mass is 10.0. The van der Waals surface area contributed by atoms with E-state index in [0.717, 1.165) is 22.0 Å². The molecule has 2 heterocycles. The number of nitrogens with zero attached hydrogens (tertiary/aromatic N) is 3. The maximum atomic E-state index is 14.4. The van der Waals surface area contributed by atoms with Gasteiger partial charge in [-0.1, -0.05) is 17.7 Å². The predicted molar refractivity (Wildman–Crippen MR) is 126 cm³/mol. The Hall–Kier alpha value is -3.29. The number of nitrogens with two attached hydrogens (primary N) is 1. The summed E-state index contributed by atoms with van der Waals surface area (Å²) in [6.45, 7) is 5.11. The Kier molecular flexibility index (Phi) is 5.71. The summed E-state index contributed by atoms with van der Waals surface area (Å²) in [6.07, 6.45) is 4.89. The highest BCUT2D eigenvalue weighted by atomic mass is 35.5. The molecule has 6 nitrogen and oxygen atoms in total. The van der Waals surface area contributed by atoms with Crippen LogP contribution in [0.25, 0.3) is 22.0 Å². The summed E-state index contributed by atoms with van der Waals surface area (Å²) in [7, 11) is 0. The Morgan fingerprint density at radius 1 is 1.03 bits per heavy atom. The van der Waals surface area contributed by atoms with Crippen molar-refractivity contribution in [3.8, 4) is 11.1 Å². The van der Waals surface area contributed by atoms with E-state index in [-0.39, 0.29) is 11.9 Å². The van der Waals surface area contributed by atoms with Crippen molar-refractivity contribution in [3.63, 3.8) is 0 Å². The van der Waals surface area contributed by atoms with Crippen molar-refractivity contribution >= 4 is 33.9 Å². The molecule has 4 N–H and O–H groups in total. The Labute approximate surface area is 190 Å². The van der Waals surface area contributed by atoms with Crippen molar-refractivity contribution < 1.29 is 9.50 Å². The van der Waals surface area contributed by atoms with Gasteiger partial charge in [0.25, 0.3) is 0 Å². The van der Waals surface area contributed by atoms with Crippen LogP contribution in [0.1, 0.15) is 38.2 Å². The van der Waals surface area contributed by atoms with Crippen LogP contribution < -0.4 is 11.1 Å². The van der Waals surface area contributed by atoms with Crippen molar-refractivity contribution in [1.29, 1.82) is 0 Å². The molecule has 2 aromatic carbocycles. The molecular weight excluding hydrogens is 429 g/mol. The third-order valence-electron chi connectivity index (χ3n) is 5.20. The first-order valence-corrected chi connectivity index (χ1v) is 10.5. The van der Waals surface area contributed by atoms with Gasteiger partial charge in [-0.05, 0) is 56.7 Å². The highest BCUT2D eigenvalue weighted by molar-refractivity contribution is 6.34. The first kappa shape index (κ1) is 21.9. The lowest BCUT2D eigenvalue weighted by Crippen LogP contribution is -2.19. The number of hydrogen-bond acceptors (Lipinski definition) is 6. The standard InChI is InChI=1S/C24H23ClFN5O/c1-13(17-9-16(27)5-6-20(17)26)31-22-18-8-14(4-7-21(18)28-12-19(22)25)15-10-29-23(30-11-15)24(2,3)32/h4-13,32H,27H2,1-3H3,(H,28,31)/t13-/m1/s1. The van der Waals surface area contributed by atoms with Crippen LogP contribution in [-0.4, -0.2) is 20.1 Å². The molecule has 1 atom stereocenters. The van der Waals surface area contributed by atoms with E-state index >= 15 is 0 Å². The average Bonchev–Trinajstić information content (AvgIpc) is 2.76. The quantitative estimate of drug-likeness (QED) is 0.348. The van der Waals surface area contributed by atoms with Crippen molar-refractivity contribution in [2.24, 2.45) is 0 Å². The van der Waals surface area contributed by atoms with Gasteiger partial charge in [0.2, 0.25) is 0 Å². The van der Waals surface area contributed by atoms with Gasteiger partial charge in [0.05, 0.1) is 22.3 Å². The van der Waals surface area contributed by atoms with Gasteiger partial charge >= 0.3 is 0 Å². The van der Waals surface area contributed by atoms with E-state index < -0.39 is 5.60 Å². The SMILES string of the molecule is C[C@@H](Nc1c(Cl)cnc2ccc(-c3cnc(C(C)(C)O)nc3)cc12)c1cc(N)ccc1F. The lowest BCUT2D eigenvalue weighted by Gasteiger charge is -2.19. The zero-order valence-corrected chi connectivity index (χ0v) is 18.7. The van der Waals surface area contributed by atoms with Gasteiger partial charge in [-0.3, -0.25) is 4.98 Å². The van der Waals surface area contributed by atoms with Gasteiger partial charge in [0.1, 0.15) is 11.4 Å². The molecule has 0 unspecified atom stereocenters. The fourth-order valence-electron chi connectivity index (χ4n) is 3.48. The van der Waals surface area contributed by atoms with Gasteiger partial charge < -0.3 is 16.2 Å². The lowest BCUT2D eigenvalue weighted by molar-refractivity contribution is 0.0687. The predicted octanol–water partition coefficient (Wildman–Crippen LogP) is 5.47. The molecule has 0 fully saturated rings. The van der Waals surface area contributed by atoms with Gasteiger partial charge in [-0.2, -0.15) is 0 Å². The van der Waals surface area contributed by atoms with Crippen LogP contribution in [0.4, 0.5) is 15.8 Å². The van der Waals surface area contributed by atoms with Crippen molar-refractivity contribution in [3.05, 3.63) is 77.2 Å². The summed E-state index contributed by atoms with van der Waals surface area (Å²) in [5, 5.41) is 14.6. The Morgan fingerprint density at radius 2 is 1.75 bits per heavy atom. The molecule has 0 spiro atoms. The van der Waals surface area contributed by atoms with Crippen molar-refractivity contribution in [1.82, 2.24) is 15.0 Å². The number of anilines is 2. The molecule has 4 rings (SSSR count). The topological polar surface area (TPSA) is 97.0 Å². The first-order valence-electron chi connectivity index (χ1n) is 10.1. The fourth-order valence-corrected chi connectivity index (χ4v) is 3.68. The van der Waals surface area contributed by atoms with E-state index in [2.05, 4.69) is 20.3 Å². The summed E-state index contributed by atoms with van der Waals surface area (Å²) in [5.74, 6) is -0.00879. The van der Waals surface area contributed by atoms with Gasteiger partial charge in [-0.15, -0.1) is 0 Å². The maximum absolute atomic E-state index is 14.4. The summed E-state index contributed by atoms with van der Waals surface area (Å²) in [6, 6.07) is 9.82. The van der Waals surface area contributed by atoms with E-state index in [1.807, 2.05) is 25.1 Å². The van der Waals surface area contributed by atoms with E-state index in [9.17, 15) is 9.50 Å². The number of fused-ring (bicyclic) bond motifs is 1. The largest absolute Gasteiger partial charge is 0.399 e. The second kappa shape index (κ2) is 8.33. The first-order chi connectivity index (χ1) is 15.1.